The second kappa shape index (κ2) is 13.8. The minimum absolute atomic E-state index is 0.0197. The molecule has 194 valence electrons. The van der Waals surface area contributed by atoms with Gasteiger partial charge in [0.1, 0.15) is 17.7 Å². The number of aromatic nitrogens is 1. The summed E-state index contributed by atoms with van der Waals surface area (Å²) in [6.45, 7) is 17.9. The van der Waals surface area contributed by atoms with Crippen molar-refractivity contribution in [2.75, 3.05) is 6.54 Å². The van der Waals surface area contributed by atoms with Crippen LogP contribution in [0, 0.1) is 5.92 Å². The van der Waals surface area contributed by atoms with Crippen molar-refractivity contribution in [2.24, 2.45) is 5.92 Å². The van der Waals surface area contributed by atoms with Gasteiger partial charge in [0.2, 0.25) is 11.8 Å². The number of nitrogens with zero attached hydrogens (tertiary/aromatic N) is 2. The van der Waals surface area contributed by atoms with Crippen LogP contribution < -0.4 is 5.32 Å². The average molecular weight is 512 g/mol. The third-order valence-corrected chi connectivity index (χ3v) is 6.40. The molecule has 2 aromatic rings. The van der Waals surface area contributed by atoms with Gasteiger partial charge in [-0.25, -0.2) is 0 Å². The van der Waals surface area contributed by atoms with Crippen molar-refractivity contribution in [1.82, 2.24) is 15.4 Å². The number of benzene rings is 1. The minimum atomic E-state index is -0.500. The molecule has 2 heterocycles. The molecular weight excluding hydrogens is 474 g/mol. The molecule has 1 aliphatic heterocycles. The van der Waals surface area contributed by atoms with Crippen LogP contribution in [0.5, 0.6) is 0 Å². The summed E-state index contributed by atoms with van der Waals surface area (Å²) >= 11 is 6.11. The predicted octanol–water partition coefficient (Wildman–Crippen LogP) is 6.63. The summed E-state index contributed by atoms with van der Waals surface area (Å²) in [6.07, 6.45) is 6.44. The maximum absolute atomic E-state index is 13.4. The van der Waals surface area contributed by atoms with Crippen LogP contribution in [-0.2, 0) is 9.59 Å². The molecule has 1 aliphatic rings. The predicted molar refractivity (Wildman–Crippen MR) is 146 cm³/mol. The van der Waals surface area contributed by atoms with E-state index >= 15 is 0 Å². The normalized spacial score (nSPS) is 17.1. The Morgan fingerprint density at radius 1 is 1.19 bits per heavy atom. The fourth-order valence-corrected chi connectivity index (χ4v) is 4.58. The molecule has 1 aromatic carbocycles. The fraction of sp³-hybridized carbons (Fsp3) is 0.414. The highest BCUT2D eigenvalue weighted by molar-refractivity contribution is 6.36. The number of carbonyl (C=O) groups is 2. The fourth-order valence-electron chi connectivity index (χ4n) is 4.41. The Morgan fingerprint density at radius 3 is 2.39 bits per heavy atom. The van der Waals surface area contributed by atoms with E-state index in [0.29, 0.717) is 23.8 Å². The first kappa shape index (κ1) is 29.1. The minimum Gasteiger partial charge on any atom is -0.361 e. The van der Waals surface area contributed by atoms with Gasteiger partial charge in [-0.3, -0.25) is 9.59 Å². The zero-order valence-corrected chi connectivity index (χ0v) is 22.7. The Balaban J connectivity index is 0.00000222. The second-order valence-corrected chi connectivity index (χ2v) is 9.36. The Morgan fingerprint density at radius 2 is 1.86 bits per heavy atom. The van der Waals surface area contributed by atoms with Crippen molar-refractivity contribution in [2.45, 2.75) is 65.5 Å². The summed E-state index contributed by atoms with van der Waals surface area (Å²) in [5.41, 5.74) is 2.67. The molecular formula is C29H38ClN3O3. The van der Waals surface area contributed by atoms with Crippen LogP contribution in [-0.4, -0.2) is 34.5 Å². The third-order valence-electron chi connectivity index (χ3n) is 6.19. The average Bonchev–Trinajstić information content (AvgIpc) is 3.56. The molecule has 1 N–H and O–H groups in total. The van der Waals surface area contributed by atoms with Gasteiger partial charge >= 0.3 is 0 Å². The SMILES string of the molecule is C=C/C=C(\C(=C)Cl)c1ccc(C(C)NC(=O)C2CCCN2C(=O)C(c2ccno2)C(C)C)cc1.CC. The Bertz CT molecular complexity index is 1060. The maximum Gasteiger partial charge on any atom is 0.243 e. The van der Waals surface area contributed by atoms with E-state index in [1.165, 1.54) is 6.20 Å². The van der Waals surface area contributed by atoms with Gasteiger partial charge in [0.05, 0.1) is 12.2 Å². The lowest BCUT2D eigenvalue weighted by Crippen LogP contribution is -2.48. The molecule has 6 nitrogen and oxygen atoms in total. The zero-order valence-electron chi connectivity index (χ0n) is 22.0. The van der Waals surface area contributed by atoms with Gasteiger partial charge < -0.3 is 14.7 Å². The summed E-state index contributed by atoms with van der Waals surface area (Å²) in [4.78, 5) is 28.3. The summed E-state index contributed by atoms with van der Waals surface area (Å²) in [7, 11) is 0. The molecule has 0 radical (unpaired) electrons. The number of hydrogen-bond acceptors (Lipinski definition) is 4. The molecule has 0 spiro atoms. The number of allylic oxidation sites excluding steroid dienone is 4. The lowest BCUT2D eigenvalue weighted by molar-refractivity contribution is -0.141. The largest absolute Gasteiger partial charge is 0.361 e. The molecule has 36 heavy (non-hydrogen) atoms. The van der Waals surface area contributed by atoms with Crippen LogP contribution in [0.4, 0.5) is 0 Å². The van der Waals surface area contributed by atoms with Crippen molar-refractivity contribution < 1.29 is 14.1 Å². The summed E-state index contributed by atoms with van der Waals surface area (Å²) in [6, 6.07) is 8.78. The highest BCUT2D eigenvalue weighted by Crippen LogP contribution is 2.31. The van der Waals surface area contributed by atoms with Crippen molar-refractivity contribution >= 4 is 29.0 Å². The smallest absolute Gasteiger partial charge is 0.243 e. The van der Waals surface area contributed by atoms with E-state index in [1.54, 1.807) is 17.0 Å². The molecule has 3 rings (SSSR count). The lowest BCUT2D eigenvalue weighted by atomic mass is 9.91. The van der Waals surface area contributed by atoms with Gasteiger partial charge in [0.25, 0.3) is 0 Å². The van der Waals surface area contributed by atoms with Crippen molar-refractivity contribution in [3.05, 3.63) is 83.8 Å². The number of nitrogens with one attached hydrogen (secondary N) is 1. The molecule has 3 unspecified atom stereocenters. The van der Waals surface area contributed by atoms with Gasteiger partial charge in [0.15, 0.2) is 0 Å². The van der Waals surface area contributed by atoms with Gasteiger partial charge in [-0.2, -0.15) is 0 Å². The van der Waals surface area contributed by atoms with Crippen LogP contribution in [0.2, 0.25) is 0 Å². The van der Waals surface area contributed by atoms with Crippen molar-refractivity contribution in [1.29, 1.82) is 0 Å². The molecule has 1 aromatic heterocycles. The van der Waals surface area contributed by atoms with Crippen LogP contribution in [0.15, 0.2) is 71.4 Å². The number of amides is 2. The van der Waals surface area contributed by atoms with Gasteiger partial charge in [-0.1, -0.05) is 94.0 Å². The molecule has 3 atom stereocenters. The zero-order chi connectivity index (χ0) is 26.8. The highest BCUT2D eigenvalue weighted by Gasteiger charge is 2.40. The maximum atomic E-state index is 13.4. The van der Waals surface area contributed by atoms with Crippen molar-refractivity contribution in [3.63, 3.8) is 0 Å². The first-order chi connectivity index (χ1) is 17.2. The lowest BCUT2D eigenvalue weighted by Gasteiger charge is -2.29. The number of likely N-dealkylation sites (tertiary alicyclic amines) is 1. The highest BCUT2D eigenvalue weighted by atomic mass is 35.5. The number of hydrogen-bond donors (Lipinski definition) is 1. The number of carbonyl (C=O) groups excluding carboxylic acids is 2. The van der Waals surface area contributed by atoms with E-state index < -0.39 is 12.0 Å². The first-order valence-corrected chi connectivity index (χ1v) is 12.9. The van der Waals surface area contributed by atoms with Crippen LogP contribution in [0.1, 0.15) is 76.3 Å². The summed E-state index contributed by atoms with van der Waals surface area (Å²) in [5.74, 6) is -0.154. The second-order valence-electron chi connectivity index (χ2n) is 8.90. The van der Waals surface area contributed by atoms with Crippen LogP contribution in [0.25, 0.3) is 5.57 Å². The molecule has 0 bridgehead atoms. The quantitative estimate of drug-likeness (QED) is 0.383. The van der Waals surface area contributed by atoms with Gasteiger partial charge in [0, 0.05) is 17.6 Å². The molecule has 1 fully saturated rings. The van der Waals surface area contributed by atoms with E-state index in [1.807, 2.05) is 65.0 Å². The number of halogens is 1. The molecule has 2 amide bonds. The topological polar surface area (TPSA) is 75.4 Å². The van der Waals surface area contributed by atoms with Crippen LogP contribution >= 0.6 is 11.6 Å². The van der Waals surface area contributed by atoms with E-state index in [4.69, 9.17) is 16.1 Å². The first-order valence-electron chi connectivity index (χ1n) is 12.5. The van der Waals surface area contributed by atoms with E-state index in [-0.39, 0.29) is 23.8 Å². The Hall–Kier alpha value is -3.12. The van der Waals surface area contributed by atoms with E-state index in [0.717, 1.165) is 23.1 Å². The third kappa shape index (κ3) is 6.97. The molecule has 0 aliphatic carbocycles. The number of rotatable bonds is 9. The van der Waals surface area contributed by atoms with Crippen molar-refractivity contribution in [3.8, 4) is 0 Å². The standard InChI is InChI=1S/C27H32ClN3O3.C2H6/c1-6-8-22(18(4)28)21-12-10-20(11-13-21)19(5)30-26(32)23-9-7-16-31(23)27(33)25(17(2)3)24-14-15-29-34-24;1-2/h6,8,10-15,17,19,23,25H,1,4,7,9,16H2,2-3,5H3,(H,30,32);1-2H3/b22-8+;. The van der Waals surface area contributed by atoms with E-state index in [9.17, 15) is 9.59 Å². The molecule has 7 heteroatoms. The van der Waals surface area contributed by atoms with Crippen LogP contribution in [0.3, 0.4) is 0 Å². The monoisotopic (exact) mass is 511 g/mol. The summed E-state index contributed by atoms with van der Waals surface area (Å²) < 4.78 is 5.29. The van der Waals surface area contributed by atoms with E-state index in [2.05, 4.69) is 23.6 Å². The molecule has 1 saturated heterocycles. The Kier molecular flexibility index (Phi) is 11.2. The van der Waals surface area contributed by atoms with Gasteiger partial charge in [-0.05, 0) is 42.4 Å². The van der Waals surface area contributed by atoms with Gasteiger partial charge in [-0.15, -0.1) is 0 Å². The summed E-state index contributed by atoms with van der Waals surface area (Å²) in [5, 5.41) is 7.27. The Labute approximate surface area is 220 Å². The molecule has 0 saturated carbocycles.